The number of nitrogens with zero attached hydrogens (tertiary/aromatic N) is 5. The third-order valence-electron chi connectivity index (χ3n) is 2.95. The van der Waals surface area contributed by atoms with Crippen LogP contribution in [0.25, 0.3) is 17.1 Å². The molecule has 3 rings (SSSR count). The van der Waals surface area contributed by atoms with Crippen LogP contribution >= 0.6 is 0 Å². The molecule has 2 heterocycles. The fourth-order valence-corrected chi connectivity index (χ4v) is 2.03. The molecule has 2 aromatic heterocycles. The fourth-order valence-electron chi connectivity index (χ4n) is 2.03. The summed E-state index contributed by atoms with van der Waals surface area (Å²) in [4.78, 5) is 12.3. The normalized spacial score (nSPS) is 10.9. The Bertz CT molecular complexity index is 824. The smallest absolute Gasteiger partial charge is 0.361 e. The predicted octanol–water partition coefficient (Wildman–Crippen LogP) is 1.46. The summed E-state index contributed by atoms with van der Waals surface area (Å²) in [6.45, 7) is 3.51. The molecule has 23 heavy (non-hydrogen) atoms. The second-order valence-corrected chi connectivity index (χ2v) is 4.99. The summed E-state index contributed by atoms with van der Waals surface area (Å²) in [5.74, 6) is -0.393. The lowest BCUT2D eigenvalue weighted by atomic mass is 10.1. The van der Waals surface area contributed by atoms with Crippen molar-refractivity contribution < 1.29 is 14.2 Å². The minimum atomic E-state index is -0.583. The number of nitrogen functional groups attached to an aromatic ring is 1. The van der Waals surface area contributed by atoms with Gasteiger partial charge in [-0.25, -0.2) is 9.42 Å². The lowest BCUT2D eigenvalue weighted by Crippen LogP contribution is -2.13. The molecule has 0 unspecified atom stereocenters. The van der Waals surface area contributed by atoms with Crippen LogP contribution in [0.2, 0.25) is 0 Å². The maximum absolute atomic E-state index is 12.3. The fraction of sp³-hybridized carbons (Fsp3) is 0.214. The van der Waals surface area contributed by atoms with Crippen LogP contribution in [0.4, 0.5) is 5.82 Å². The predicted molar refractivity (Wildman–Crippen MR) is 79.6 cm³/mol. The van der Waals surface area contributed by atoms with Gasteiger partial charge in [-0.05, 0) is 24.2 Å². The van der Waals surface area contributed by atoms with E-state index in [1.165, 1.54) is 4.68 Å². The Morgan fingerprint density at radius 3 is 2.61 bits per heavy atom. The van der Waals surface area contributed by atoms with E-state index in [1.807, 2.05) is 30.3 Å². The maximum atomic E-state index is 12.3. The van der Waals surface area contributed by atoms with Gasteiger partial charge in [-0.15, -0.1) is 5.10 Å². The van der Waals surface area contributed by atoms with Crippen LogP contribution in [0.3, 0.4) is 0 Å². The lowest BCUT2D eigenvalue weighted by Gasteiger charge is -2.08. The summed E-state index contributed by atoms with van der Waals surface area (Å²) in [5.41, 5.74) is 6.88. The molecule has 9 heteroatoms. The van der Waals surface area contributed by atoms with Gasteiger partial charge in [0.1, 0.15) is 5.69 Å². The van der Waals surface area contributed by atoms with Crippen molar-refractivity contribution in [1.82, 2.24) is 25.3 Å². The number of carbonyl (C=O) groups excluding carboxylic acids is 1. The molecule has 0 spiro atoms. The zero-order chi connectivity index (χ0) is 16.4. The third kappa shape index (κ3) is 2.76. The van der Waals surface area contributed by atoms with Crippen molar-refractivity contribution >= 4 is 11.8 Å². The van der Waals surface area contributed by atoms with E-state index in [1.54, 1.807) is 13.8 Å². The van der Waals surface area contributed by atoms with E-state index in [9.17, 15) is 4.79 Å². The Labute approximate surface area is 131 Å². The third-order valence-corrected chi connectivity index (χ3v) is 2.95. The van der Waals surface area contributed by atoms with Crippen LogP contribution in [0, 0.1) is 0 Å². The van der Waals surface area contributed by atoms with Crippen LogP contribution in [0.15, 0.2) is 35.0 Å². The van der Waals surface area contributed by atoms with Gasteiger partial charge in [-0.1, -0.05) is 35.5 Å². The Balaban J connectivity index is 2.17. The Morgan fingerprint density at radius 2 is 2.00 bits per heavy atom. The van der Waals surface area contributed by atoms with E-state index in [-0.39, 0.29) is 23.4 Å². The van der Waals surface area contributed by atoms with E-state index in [2.05, 4.69) is 25.3 Å². The van der Waals surface area contributed by atoms with Crippen LogP contribution in [0.5, 0.6) is 0 Å². The molecule has 0 aliphatic heterocycles. The number of hydrogen-bond acceptors (Lipinski definition) is 8. The molecule has 0 saturated heterocycles. The molecule has 0 atom stereocenters. The lowest BCUT2D eigenvalue weighted by molar-refractivity contribution is 0.0371. The summed E-state index contributed by atoms with van der Waals surface area (Å²) in [7, 11) is 0. The zero-order valence-electron chi connectivity index (χ0n) is 12.5. The molecule has 0 amide bonds. The minimum Gasteiger partial charge on any atom is -0.458 e. The van der Waals surface area contributed by atoms with Gasteiger partial charge in [-0.2, -0.15) is 4.68 Å². The van der Waals surface area contributed by atoms with Gasteiger partial charge in [0, 0.05) is 5.56 Å². The SMILES string of the molecule is CC(C)OC(=O)c1nnn(-c2nonc2N)c1-c1ccccc1. The van der Waals surface area contributed by atoms with Crippen molar-refractivity contribution in [3.8, 4) is 17.1 Å². The first-order valence-electron chi connectivity index (χ1n) is 6.88. The average Bonchev–Trinajstić information content (AvgIpc) is 3.13. The number of esters is 1. The number of ether oxygens (including phenoxy) is 1. The molecular weight excluding hydrogens is 300 g/mol. The topological polar surface area (TPSA) is 122 Å². The summed E-state index contributed by atoms with van der Waals surface area (Å²) < 4.78 is 11.1. The van der Waals surface area contributed by atoms with Crippen LogP contribution in [0.1, 0.15) is 24.3 Å². The molecule has 0 radical (unpaired) electrons. The van der Waals surface area contributed by atoms with Crippen LogP contribution < -0.4 is 5.73 Å². The number of nitrogens with two attached hydrogens (primary N) is 1. The molecule has 0 saturated carbocycles. The number of benzene rings is 1. The molecule has 0 aliphatic rings. The summed E-state index contributed by atoms with van der Waals surface area (Å²) >= 11 is 0. The van der Waals surface area contributed by atoms with Crippen molar-refractivity contribution in [2.45, 2.75) is 20.0 Å². The Hall–Kier alpha value is -3.23. The van der Waals surface area contributed by atoms with E-state index in [0.29, 0.717) is 11.3 Å². The minimum absolute atomic E-state index is 0.0378. The highest BCUT2D eigenvalue weighted by Gasteiger charge is 2.26. The van der Waals surface area contributed by atoms with Crippen molar-refractivity contribution in [3.05, 3.63) is 36.0 Å². The molecule has 2 N–H and O–H groups in total. The average molecular weight is 314 g/mol. The summed E-state index contributed by atoms with van der Waals surface area (Å²) in [6, 6.07) is 9.13. The van der Waals surface area contributed by atoms with Crippen molar-refractivity contribution in [2.75, 3.05) is 5.73 Å². The summed E-state index contributed by atoms with van der Waals surface area (Å²) in [5, 5.41) is 15.1. The molecule has 1 aromatic carbocycles. The monoisotopic (exact) mass is 314 g/mol. The summed E-state index contributed by atoms with van der Waals surface area (Å²) in [6.07, 6.45) is -0.282. The van der Waals surface area contributed by atoms with Gasteiger partial charge in [0.2, 0.25) is 11.6 Å². The first kappa shape index (κ1) is 14.7. The van der Waals surface area contributed by atoms with Gasteiger partial charge in [0.05, 0.1) is 6.10 Å². The van der Waals surface area contributed by atoms with E-state index in [4.69, 9.17) is 10.5 Å². The zero-order valence-corrected chi connectivity index (χ0v) is 12.5. The number of aromatic nitrogens is 5. The number of anilines is 1. The van der Waals surface area contributed by atoms with Crippen LogP contribution in [-0.4, -0.2) is 37.4 Å². The van der Waals surface area contributed by atoms with Gasteiger partial charge < -0.3 is 10.5 Å². The van der Waals surface area contributed by atoms with Crippen molar-refractivity contribution in [1.29, 1.82) is 0 Å². The van der Waals surface area contributed by atoms with E-state index < -0.39 is 5.97 Å². The Morgan fingerprint density at radius 1 is 1.26 bits per heavy atom. The molecule has 0 aliphatic carbocycles. The second-order valence-electron chi connectivity index (χ2n) is 4.99. The standard InChI is InChI=1S/C14H14N6O3/c1-8(2)22-14(21)10-11(9-6-4-3-5-7-9)20(19-16-10)13-12(15)17-23-18-13/h3-8H,1-2H3,(H2,15,17). The van der Waals surface area contributed by atoms with Gasteiger partial charge in [-0.3, -0.25) is 0 Å². The first-order chi connectivity index (χ1) is 11.1. The quantitative estimate of drug-likeness (QED) is 0.718. The highest BCUT2D eigenvalue weighted by atomic mass is 16.6. The Kier molecular flexibility index (Phi) is 3.75. The van der Waals surface area contributed by atoms with Gasteiger partial charge in [0.25, 0.3) is 0 Å². The largest absolute Gasteiger partial charge is 0.458 e. The van der Waals surface area contributed by atoms with Crippen molar-refractivity contribution in [2.24, 2.45) is 0 Å². The van der Waals surface area contributed by atoms with E-state index in [0.717, 1.165) is 0 Å². The van der Waals surface area contributed by atoms with Crippen LogP contribution in [-0.2, 0) is 4.74 Å². The maximum Gasteiger partial charge on any atom is 0.361 e. The van der Waals surface area contributed by atoms with Gasteiger partial charge in [0.15, 0.2) is 5.69 Å². The first-order valence-corrected chi connectivity index (χ1v) is 6.88. The number of rotatable bonds is 4. The number of hydrogen-bond donors (Lipinski definition) is 1. The molecule has 9 nitrogen and oxygen atoms in total. The number of carbonyl (C=O) groups is 1. The molecule has 0 fully saturated rings. The highest BCUT2D eigenvalue weighted by molar-refractivity contribution is 5.94. The van der Waals surface area contributed by atoms with Gasteiger partial charge >= 0.3 is 5.97 Å². The molecule has 3 aromatic rings. The molecule has 118 valence electrons. The van der Waals surface area contributed by atoms with E-state index >= 15 is 0 Å². The van der Waals surface area contributed by atoms with Crippen molar-refractivity contribution in [3.63, 3.8) is 0 Å². The molecular formula is C14H14N6O3. The highest BCUT2D eigenvalue weighted by Crippen LogP contribution is 2.26. The second kappa shape index (κ2) is 5.87. The molecule has 0 bridgehead atoms.